The zero-order chi connectivity index (χ0) is 25.8. The van der Waals surface area contributed by atoms with Gasteiger partial charge in [0.2, 0.25) is 5.91 Å². The summed E-state index contributed by atoms with van der Waals surface area (Å²) in [6, 6.07) is 24.0. The first-order chi connectivity index (χ1) is 18.0. The number of nitrogens with zero attached hydrogens (tertiary/aromatic N) is 3. The predicted molar refractivity (Wildman–Crippen MR) is 141 cm³/mol. The molecular formula is C30H29FN4O2. The molecular weight excluding hydrogens is 467 g/mol. The quantitative estimate of drug-likeness (QED) is 0.416. The third-order valence-corrected chi connectivity index (χ3v) is 6.66. The molecule has 0 radical (unpaired) electrons. The van der Waals surface area contributed by atoms with Gasteiger partial charge in [0.1, 0.15) is 18.2 Å². The topological polar surface area (TPSA) is 67.2 Å². The summed E-state index contributed by atoms with van der Waals surface area (Å²) in [5.41, 5.74) is 5.16. The average Bonchev–Trinajstić information content (AvgIpc) is 2.91. The Balaban J connectivity index is 1.42. The number of benzene rings is 3. The molecule has 1 N–H and O–H groups in total. The van der Waals surface area contributed by atoms with Crippen molar-refractivity contribution in [3.8, 4) is 11.4 Å². The summed E-state index contributed by atoms with van der Waals surface area (Å²) in [5.74, 6) is -0.142. The van der Waals surface area contributed by atoms with Crippen molar-refractivity contribution >= 4 is 5.91 Å². The van der Waals surface area contributed by atoms with Gasteiger partial charge in [-0.25, -0.2) is 9.37 Å². The number of fused-ring (bicyclic) bond motifs is 1. The van der Waals surface area contributed by atoms with Crippen LogP contribution in [0.15, 0.2) is 83.7 Å². The molecule has 37 heavy (non-hydrogen) atoms. The molecule has 0 saturated heterocycles. The van der Waals surface area contributed by atoms with E-state index in [0.717, 1.165) is 35.5 Å². The highest BCUT2D eigenvalue weighted by atomic mass is 19.1. The number of halogens is 1. The minimum absolute atomic E-state index is 0.142. The van der Waals surface area contributed by atoms with Gasteiger partial charge in [-0.05, 0) is 36.6 Å². The Bertz CT molecular complexity index is 1450. The molecule has 0 saturated carbocycles. The van der Waals surface area contributed by atoms with E-state index >= 15 is 0 Å². The highest BCUT2D eigenvalue weighted by Gasteiger charge is 2.25. The smallest absolute Gasteiger partial charge is 0.257 e. The lowest BCUT2D eigenvalue weighted by molar-refractivity contribution is -0.121. The molecule has 1 aliphatic rings. The fourth-order valence-electron chi connectivity index (χ4n) is 4.63. The molecule has 4 aromatic rings. The van der Waals surface area contributed by atoms with Crippen molar-refractivity contribution < 1.29 is 9.18 Å². The van der Waals surface area contributed by atoms with Crippen molar-refractivity contribution in [2.75, 3.05) is 6.54 Å². The molecule has 6 nitrogen and oxygen atoms in total. The molecule has 7 heteroatoms. The van der Waals surface area contributed by atoms with Crippen molar-refractivity contribution in [1.29, 1.82) is 0 Å². The van der Waals surface area contributed by atoms with E-state index in [0.29, 0.717) is 24.4 Å². The van der Waals surface area contributed by atoms with Crippen molar-refractivity contribution in [1.82, 2.24) is 19.8 Å². The number of hydrogen-bond donors (Lipinski definition) is 1. The van der Waals surface area contributed by atoms with E-state index in [1.807, 2.05) is 49.4 Å². The van der Waals surface area contributed by atoms with E-state index in [4.69, 9.17) is 4.98 Å². The van der Waals surface area contributed by atoms with Crippen LogP contribution < -0.4 is 10.9 Å². The van der Waals surface area contributed by atoms with E-state index in [9.17, 15) is 14.0 Å². The number of carbonyl (C=O) groups is 1. The van der Waals surface area contributed by atoms with Gasteiger partial charge >= 0.3 is 0 Å². The summed E-state index contributed by atoms with van der Waals surface area (Å²) >= 11 is 0. The zero-order valence-electron chi connectivity index (χ0n) is 20.8. The van der Waals surface area contributed by atoms with Gasteiger partial charge in [-0.2, -0.15) is 0 Å². The summed E-state index contributed by atoms with van der Waals surface area (Å²) in [4.78, 5) is 33.8. The normalized spacial score (nSPS) is 13.2. The maximum Gasteiger partial charge on any atom is 0.257 e. The molecule has 2 heterocycles. The van der Waals surface area contributed by atoms with Crippen LogP contribution in [0.2, 0.25) is 0 Å². The molecule has 0 aliphatic carbocycles. The third-order valence-electron chi connectivity index (χ3n) is 6.66. The first-order valence-corrected chi connectivity index (χ1v) is 12.4. The Morgan fingerprint density at radius 1 is 0.973 bits per heavy atom. The van der Waals surface area contributed by atoms with Crippen LogP contribution in [0.3, 0.4) is 0 Å². The molecule has 188 valence electrons. The monoisotopic (exact) mass is 496 g/mol. The number of nitrogens with one attached hydrogen (secondary N) is 1. The molecule has 3 aromatic carbocycles. The second kappa shape index (κ2) is 10.9. The standard InChI is InChI=1S/C30H29FN4O2/c1-21-7-11-24(12-8-21)29-33-27-19-34(18-23-5-3-2-4-6-23)16-15-26(27)30(37)35(29)20-28(36)32-17-22-9-13-25(31)14-10-22/h2-14H,15-20H2,1H3,(H,32,36). The van der Waals surface area contributed by atoms with E-state index in [-0.39, 0.29) is 30.4 Å². The molecule has 0 unspecified atom stereocenters. The number of hydrogen-bond acceptors (Lipinski definition) is 4. The van der Waals surface area contributed by atoms with Crippen LogP contribution in [-0.2, 0) is 37.4 Å². The maximum atomic E-state index is 13.7. The van der Waals surface area contributed by atoms with Crippen molar-refractivity contribution in [2.45, 2.75) is 39.5 Å². The molecule has 0 atom stereocenters. The van der Waals surface area contributed by atoms with Crippen molar-refractivity contribution in [2.24, 2.45) is 0 Å². The van der Waals surface area contributed by atoms with Crippen LogP contribution in [-0.4, -0.2) is 26.9 Å². The summed E-state index contributed by atoms with van der Waals surface area (Å²) in [7, 11) is 0. The summed E-state index contributed by atoms with van der Waals surface area (Å²) in [5, 5.41) is 2.84. The van der Waals surface area contributed by atoms with E-state index in [1.54, 1.807) is 12.1 Å². The van der Waals surface area contributed by atoms with Crippen LogP contribution in [0.25, 0.3) is 11.4 Å². The van der Waals surface area contributed by atoms with E-state index in [1.165, 1.54) is 22.3 Å². The van der Waals surface area contributed by atoms with Gasteiger partial charge in [0.05, 0.1) is 5.69 Å². The molecule has 1 aromatic heterocycles. The van der Waals surface area contributed by atoms with Gasteiger partial charge in [0, 0.05) is 37.3 Å². The molecule has 1 aliphatic heterocycles. The second-order valence-electron chi connectivity index (χ2n) is 9.47. The molecule has 5 rings (SSSR count). The van der Waals surface area contributed by atoms with Crippen LogP contribution in [0, 0.1) is 12.7 Å². The van der Waals surface area contributed by atoms with Gasteiger partial charge in [-0.3, -0.25) is 19.1 Å². The zero-order valence-corrected chi connectivity index (χ0v) is 20.8. The molecule has 0 bridgehead atoms. The Morgan fingerprint density at radius 2 is 1.70 bits per heavy atom. The molecule has 0 spiro atoms. The van der Waals surface area contributed by atoms with Gasteiger partial charge in [0.15, 0.2) is 0 Å². The molecule has 1 amide bonds. The Labute approximate surface area is 215 Å². The fourth-order valence-corrected chi connectivity index (χ4v) is 4.63. The third kappa shape index (κ3) is 5.84. The molecule has 0 fully saturated rings. The first-order valence-electron chi connectivity index (χ1n) is 12.4. The van der Waals surface area contributed by atoms with E-state index < -0.39 is 0 Å². The minimum atomic E-state index is -0.327. The number of aryl methyl sites for hydroxylation is 1. The highest BCUT2D eigenvalue weighted by molar-refractivity contribution is 5.76. The van der Waals surface area contributed by atoms with Gasteiger partial charge < -0.3 is 5.32 Å². The number of aromatic nitrogens is 2. The van der Waals surface area contributed by atoms with Crippen LogP contribution in [0.5, 0.6) is 0 Å². The Morgan fingerprint density at radius 3 is 2.43 bits per heavy atom. The largest absolute Gasteiger partial charge is 0.350 e. The maximum absolute atomic E-state index is 13.7. The van der Waals surface area contributed by atoms with E-state index in [2.05, 4.69) is 22.3 Å². The minimum Gasteiger partial charge on any atom is -0.350 e. The average molecular weight is 497 g/mol. The number of amides is 1. The highest BCUT2D eigenvalue weighted by Crippen LogP contribution is 2.22. The van der Waals surface area contributed by atoms with Crippen LogP contribution >= 0.6 is 0 Å². The van der Waals surface area contributed by atoms with Crippen LogP contribution in [0.4, 0.5) is 4.39 Å². The lowest BCUT2D eigenvalue weighted by atomic mass is 10.0. The SMILES string of the molecule is Cc1ccc(-c2nc3c(c(=O)n2CC(=O)NCc2ccc(F)cc2)CCN(Cc2ccccc2)C3)cc1. The fraction of sp³-hybridized carbons (Fsp3) is 0.233. The summed E-state index contributed by atoms with van der Waals surface area (Å²) < 4.78 is 14.7. The van der Waals surface area contributed by atoms with Crippen molar-refractivity contribution in [3.05, 3.63) is 123 Å². The Hall–Kier alpha value is -4.10. The first kappa shape index (κ1) is 24.6. The van der Waals surface area contributed by atoms with Gasteiger partial charge in [-0.1, -0.05) is 72.3 Å². The second-order valence-corrected chi connectivity index (χ2v) is 9.47. The lowest BCUT2D eigenvalue weighted by Gasteiger charge is -2.29. The Kier molecular flexibility index (Phi) is 7.23. The van der Waals surface area contributed by atoms with Crippen molar-refractivity contribution in [3.63, 3.8) is 0 Å². The van der Waals surface area contributed by atoms with Gasteiger partial charge in [-0.15, -0.1) is 0 Å². The number of rotatable bonds is 7. The van der Waals surface area contributed by atoms with Crippen LogP contribution in [0.1, 0.15) is 27.9 Å². The van der Waals surface area contributed by atoms with Gasteiger partial charge in [0.25, 0.3) is 5.56 Å². The summed E-state index contributed by atoms with van der Waals surface area (Å²) in [6.45, 7) is 4.23. The lowest BCUT2D eigenvalue weighted by Crippen LogP contribution is -2.40. The summed E-state index contributed by atoms with van der Waals surface area (Å²) in [6.07, 6.45) is 0.583. The predicted octanol–water partition coefficient (Wildman–Crippen LogP) is 4.23. The number of carbonyl (C=O) groups excluding carboxylic acids is 1.